The lowest BCUT2D eigenvalue weighted by molar-refractivity contribution is 0.353. The Hall–Kier alpha value is -2.51. The molecule has 0 fully saturated rings. The van der Waals surface area contributed by atoms with Gasteiger partial charge < -0.3 is 4.52 Å². The highest BCUT2D eigenvalue weighted by Crippen LogP contribution is 2.19. The van der Waals surface area contributed by atoms with Crippen LogP contribution in [0.15, 0.2) is 23.1 Å². The molecule has 8 heteroatoms. The molecule has 3 aromatic heterocycles. The molecule has 0 spiro atoms. The molecule has 0 aliphatic heterocycles. The third-order valence-electron chi connectivity index (χ3n) is 2.74. The summed E-state index contributed by atoms with van der Waals surface area (Å²) in [5.74, 6) is 1.12. The summed E-state index contributed by atoms with van der Waals surface area (Å²) in [5, 5.41) is 12.5. The predicted octanol–water partition coefficient (Wildman–Crippen LogP) is 1.48. The van der Waals surface area contributed by atoms with Crippen LogP contribution in [0.3, 0.4) is 0 Å². The van der Waals surface area contributed by atoms with Gasteiger partial charge in [-0.05, 0) is 26.8 Å². The first kappa shape index (κ1) is 12.5. The molecular weight excluding hydrogens is 258 g/mol. The summed E-state index contributed by atoms with van der Waals surface area (Å²) in [5.41, 5.74) is 0.507. The van der Waals surface area contributed by atoms with Crippen LogP contribution >= 0.6 is 0 Å². The van der Waals surface area contributed by atoms with Gasteiger partial charge in [-0.15, -0.1) is 5.10 Å². The summed E-state index contributed by atoms with van der Waals surface area (Å²) in [6.07, 6.45) is 3.47. The van der Waals surface area contributed by atoms with Crippen molar-refractivity contribution in [1.29, 1.82) is 0 Å². The SMILES string of the molecule is Cn1ccc(-c2noc(-c3ncn(C(C)(C)C)n3)n2)n1. The Bertz CT molecular complexity index is 731. The van der Waals surface area contributed by atoms with E-state index < -0.39 is 0 Å². The maximum Gasteiger partial charge on any atom is 0.297 e. The van der Waals surface area contributed by atoms with E-state index in [1.54, 1.807) is 15.7 Å². The van der Waals surface area contributed by atoms with E-state index in [4.69, 9.17) is 4.52 Å². The summed E-state index contributed by atoms with van der Waals surface area (Å²) in [6.45, 7) is 6.12. The monoisotopic (exact) mass is 273 g/mol. The van der Waals surface area contributed by atoms with Gasteiger partial charge in [0.15, 0.2) is 0 Å². The van der Waals surface area contributed by atoms with Crippen molar-refractivity contribution in [3.63, 3.8) is 0 Å². The third-order valence-corrected chi connectivity index (χ3v) is 2.74. The van der Waals surface area contributed by atoms with Gasteiger partial charge in [-0.25, -0.2) is 9.67 Å². The van der Waals surface area contributed by atoms with E-state index in [2.05, 4.69) is 25.3 Å². The quantitative estimate of drug-likeness (QED) is 0.702. The molecule has 8 nitrogen and oxygen atoms in total. The largest absolute Gasteiger partial charge is 0.330 e. The number of hydrogen-bond acceptors (Lipinski definition) is 6. The van der Waals surface area contributed by atoms with Crippen LogP contribution in [-0.4, -0.2) is 34.7 Å². The Morgan fingerprint density at radius 2 is 1.95 bits per heavy atom. The highest BCUT2D eigenvalue weighted by atomic mass is 16.5. The van der Waals surface area contributed by atoms with E-state index in [1.165, 1.54) is 0 Å². The zero-order chi connectivity index (χ0) is 14.3. The fourth-order valence-electron chi connectivity index (χ4n) is 1.64. The highest BCUT2D eigenvalue weighted by Gasteiger charge is 2.19. The first-order valence-electron chi connectivity index (χ1n) is 6.20. The molecule has 0 N–H and O–H groups in total. The van der Waals surface area contributed by atoms with Crippen molar-refractivity contribution in [3.05, 3.63) is 18.6 Å². The molecule has 0 radical (unpaired) electrons. The smallest absolute Gasteiger partial charge is 0.297 e. The lowest BCUT2D eigenvalue weighted by Gasteiger charge is -2.17. The van der Waals surface area contributed by atoms with Crippen LogP contribution in [0.4, 0.5) is 0 Å². The molecule has 3 aromatic rings. The van der Waals surface area contributed by atoms with Gasteiger partial charge in [0.2, 0.25) is 11.6 Å². The highest BCUT2D eigenvalue weighted by molar-refractivity contribution is 5.51. The van der Waals surface area contributed by atoms with Crippen molar-refractivity contribution in [2.45, 2.75) is 26.3 Å². The number of aromatic nitrogens is 7. The molecule has 0 aliphatic carbocycles. The second kappa shape index (κ2) is 4.26. The Kier molecular flexibility index (Phi) is 2.66. The molecular formula is C12H15N7O. The lowest BCUT2D eigenvalue weighted by atomic mass is 10.1. The minimum Gasteiger partial charge on any atom is -0.330 e. The van der Waals surface area contributed by atoms with Crippen molar-refractivity contribution < 1.29 is 4.52 Å². The van der Waals surface area contributed by atoms with Gasteiger partial charge in [0.25, 0.3) is 5.89 Å². The van der Waals surface area contributed by atoms with Crippen molar-refractivity contribution >= 4 is 0 Å². The fourth-order valence-corrected chi connectivity index (χ4v) is 1.64. The van der Waals surface area contributed by atoms with Crippen molar-refractivity contribution in [2.24, 2.45) is 7.05 Å². The molecule has 104 valence electrons. The Morgan fingerprint density at radius 1 is 1.15 bits per heavy atom. The van der Waals surface area contributed by atoms with E-state index in [1.807, 2.05) is 40.1 Å². The number of aryl methyl sites for hydroxylation is 1. The minimum atomic E-state index is -0.144. The van der Waals surface area contributed by atoms with Gasteiger partial charge in [0.1, 0.15) is 12.0 Å². The number of hydrogen-bond donors (Lipinski definition) is 0. The molecule has 0 aliphatic rings. The topological polar surface area (TPSA) is 87.5 Å². The molecule has 0 aromatic carbocycles. The predicted molar refractivity (Wildman–Crippen MR) is 70.5 cm³/mol. The standard InChI is InChI=1S/C12H15N7O/c1-12(2,3)19-7-13-10(16-19)11-14-9(17-20-11)8-5-6-18(4)15-8/h5-7H,1-4H3. The van der Waals surface area contributed by atoms with Gasteiger partial charge in [-0.3, -0.25) is 4.68 Å². The first-order chi connectivity index (χ1) is 9.43. The van der Waals surface area contributed by atoms with Crippen LogP contribution in [0.5, 0.6) is 0 Å². The van der Waals surface area contributed by atoms with E-state index >= 15 is 0 Å². The molecule has 20 heavy (non-hydrogen) atoms. The first-order valence-corrected chi connectivity index (χ1v) is 6.20. The fraction of sp³-hybridized carbons (Fsp3) is 0.417. The Balaban J connectivity index is 1.92. The van der Waals surface area contributed by atoms with Gasteiger partial charge in [-0.1, -0.05) is 5.16 Å². The zero-order valence-electron chi connectivity index (χ0n) is 11.8. The maximum absolute atomic E-state index is 5.19. The molecule has 0 atom stereocenters. The number of rotatable bonds is 2. The average Bonchev–Trinajstić information content (AvgIpc) is 3.06. The Morgan fingerprint density at radius 3 is 2.55 bits per heavy atom. The van der Waals surface area contributed by atoms with Crippen LogP contribution in [-0.2, 0) is 12.6 Å². The molecule has 3 heterocycles. The lowest BCUT2D eigenvalue weighted by Crippen LogP contribution is -2.22. The summed E-state index contributed by atoms with van der Waals surface area (Å²) < 4.78 is 8.63. The maximum atomic E-state index is 5.19. The van der Waals surface area contributed by atoms with Crippen LogP contribution in [0.1, 0.15) is 20.8 Å². The van der Waals surface area contributed by atoms with Crippen LogP contribution in [0, 0.1) is 0 Å². The van der Waals surface area contributed by atoms with E-state index in [9.17, 15) is 0 Å². The van der Waals surface area contributed by atoms with E-state index in [-0.39, 0.29) is 11.4 Å². The van der Waals surface area contributed by atoms with Gasteiger partial charge >= 0.3 is 0 Å². The molecule has 3 rings (SSSR count). The third kappa shape index (κ3) is 2.20. The number of nitrogens with zero attached hydrogens (tertiary/aromatic N) is 7. The summed E-state index contributed by atoms with van der Waals surface area (Å²) in [4.78, 5) is 8.46. The second-order valence-corrected chi connectivity index (χ2v) is 5.48. The zero-order valence-corrected chi connectivity index (χ0v) is 11.8. The van der Waals surface area contributed by atoms with Gasteiger partial charge in [0.05, 0.1) is 5.54 Å². The van der Waals surface area contributed by atoms with Crippen molar-refractivity contribution in [2.75, 3.05) is 0 Å². The summed E-state index contributed by atoms with van der Waals surface area (Å²) in [6, 6.07) is 1.82. The summed E-state index contributed by atoms with van der Waals surface area (Å²) in [7, 11) is 1.83. The molecule has 0 unspecified atom stereocenters. The van der Waals surface area contributed by atoms with Crippen molar-refractivity contribution in [1.82, 2.24) is 34.7 Å². The minimum absolute atomic E-state index is 0.144. The average molecular weight is 273 g/mol. The van der Waals surface area contributed by atoms with Crippen LogP contribution in [0.2, 0.25) is 0 Å². The second-order valence-electron chi connectivity index (χ2n) is 5.48. The Labute approximate surface area is 115 Å². The molecule has 0 bridgehead atoms. The van der Waals surface area contributed by atoms with Gasteiger partial charge in [-0.2, -0.15) is 10.1 Å². The van der Waals surface area contributed by atoms with Gasteiger partial charge in [0, 0.05) is 13.2 Å². The molecule has 0 saturated heterocycles. The van der Waals surface area contributed by atoms with E-state index in [0.29, 0.717) is 17.3 Å². The summed E-state index contributed by atoms with van der Waals surface area (Å²) >= 11 is 0. The molecule has 0 amide bonds. The van der Waals surface area contributed by atoms with Crippen molar-refractivity contribution in [3.8, 4) is 23.2 Å². The molecule has 0 saturated carbocycles. The van der Waals surface area contributed by atoms with Crippen LogP contribution in [0.25, 0.3) is 23.2 Å². The van der Waals surface area contributed by atoms with Crippen LogP contribution < -0.4 is 0 Å². The normalized spacial score (nSPS) is 12.0. The van der Waals surface area contributed by atoms with E-state index in [0.717, 1.165) is 0 Å².